The highest BCUT2D eigenvalue weighted by Gasteiger charge is 2.00. The molecule has 1 heterocycles. The lowest BCUT2D eigenvalue weighted by Gasteiger charge is -2.03. The zero-order valence-corrected chi connectivity index (χ0v) is 11.6. The van der Waals surface area contributed by atoms with E-state index in [0.29, 0.717) is 0 Å². The highest BCUT2D eigenvalue weighted by molar-refractivity contribution is 5.53. The third-order valence-electron chi connectivity index (χ3n) is 3.25. The summed E-state index contributed by atoms with van der Waals surface area (Å²) in [6, 6.07) is 10.8. The quantitative estimate of drug-likeness (QED) is 0.681. The van der Waals surface area contributed by atoms with Gasteiger partial charge in [-0.05, 0) is 24.5 Å². The highest BCUT2D eigenvalue weighted by Crippen LogP contribution is 2.14. The van der Waals surface area contributed by atoms with Crippen molar-refractivity contribution in [1.29, 1.82) is 0 Å². The summed E-state index contributed by atoms with van der Waals surface area (Å²) in [5, 5.41) is 0. The largest absolute Gasteiger partial charge is 0.236 e. The van der Waals surface area contributed by atoms with Crippen LogP contribution in [0.1, 0.15) is 44.6 Å². The first-order chi connectivity index (χ1) is 9.40. The van der Waals surface area contributed by atoms with Crippen LogP contribution in [0.25, 0.3) is 11.4 Å². The fraction of sp³-hybridized carbons (Fsp3) is 0.412. The van der Waals surface area contributed by atoms with Crippen molar-refractivity contribution < 1.29 is 0 Å². The summed E-state index contributed by atoms with van der Waals surface area (Å²) in [7, 11) is 0. The Morgan fingerprint density at radius 1 is 0.947 bits per heavy atom. The molecule has 1 aromatic heterocycles. The summed E-state index contributed by atoms with van der Waals surface area (Å²) >= 11 is 0. The Kier molecular flexibility index (Phi) is 5.54. The van der Waals surface area contributed by atoms with Gasteiger partial charge in [-0.3, -0.25) is 0 Å². The minimum absolute atomic E-state index is 0.795. The predicted molar refractivity (Wildman–Crippen MR) is 78.8 cm³/mol. The third kappa shape index (κ3) is 4.47. The van der Waals surface area contributed by atoms with E-state index in [2.05, 4.69) is 23.0 Å². The van der Waals surface area contributed by atoms with Crippen molar-refractivity contribution in [2.45, 2.75) is 45.4 Å². The van der Waals surface area contributed by atoms with Crippen molar-refractivity contribution in [2.24, 2.45) is 0 Å². The molecule has 99 valence electrons. The topological polar surface area (TPSA) is 25.8 Å². The Morgan fingerprint density at radius 3 is 2.32 bits per heavy atom. The maximum atomic E-state index is 4.44. The molecule has 0 aliphatic rings. The van der Waals surface area contributed by atoms with Crippen molar-refractivity contribution in [3.8, 4) is 11.4 Å². The zero-order valence-electron chi connectivity index (χ0n) is 11.6. The van der Waals surface area contributed by atoms with Crippen molar-refractivity contribution in [1.82, 2.24) is 9.97 Å². The number of rotatable bonds is 7. The molecule has 0 aliphatic carbocycles. The molecular weight excluding hydrogens is 232 g/mol. The maximum absolute atomic E-state index is 4.44. The Balaban J connectivity index is 1.85. The number of nitrogens with zero attached hydrogens (tertiary/aromatic N) is 2. The molecule has 0 atom stereocenters. The predicted octanol–water partition coefficient (Wildman–Crippen LogP) is 4.46. The first-order valence-electron chi connectivity index (χ1n) is 7.17. The van der Waals surface area contributed by atoms with Gasteiger partial charge in [-0.25, -0.2) is 9.97 Å². The van der Waals surface area contributed by atoms with E-state index in [0.717, 1.165) is 17.8 Å². The van der Waals surface area contributed by atoms with Gasteiger partial charge in [0, 0.05) is 18.0 Å². The Morgan fingerprint density at radius 2 is 1.63 bits per heavy atom. The summed E-state index contributed by atoms with van der Waals surface area (Å²) < 4.78 is 0. The highest BCUT2D eigenvalue weighted by atomic mass is 14.9. The van der Waals surface area contributed by atoms with Crippen LogP contribution in [0, 0.1) is 6.07 Å². The fourth-order valence-corrected chi connectivity index (χ4v) is 2.10. The number of unbranched alkanes of at least 4 members (excludes halogenated alkanes) is 4. The number of benzene rings is 1. The average Bonchev–Trinajstić information content (AvgIpc) is 2.49. The average molecular weight is 253 g/mol. The minimum Gasteiger partial charge on any atom is -0.236 e. The molecule has 1 radical (unpaired) electrons. The Bertz CT molecular complexity index is 462. The second-order valence-electron chi connectivity index (χ2n) is 4.87. The zero-order chi connectivity index (χ0) is 13.3. The van der Waals surface area contributed by atoms with E-state index < -0.39 is 0 Å². The van der Waals surface area contributed by atoms with Crippen LogP contribution in [0.2, 0.25) is 0 Å². The van der Waals surface area contributed by atoms with Gasteiger partial charge in [0.1, 0.15) is 0 Å². The number of hydrogen-bond donors (Lipinski definition) is 0. The standard InChI is InChI=1S/C17H21N2/c1-2-3-4-5-7-10-15-13-18-17(19-14-15)16-11-8-6-9-12-16/h8-9,11-14H,2-5,7,10H2,1H3. The van der Waals surface area contributed by atoms with E-state index in [9.17, 15) is 0 Å². The van der Waals surface area contributed by atoms with Crippen LogP contribution < -0.4 is 0 Å². The van der Waals surface area contributed by atoms with Crippen molar-refractivity contribution in [2.75, 3.05) is 0 Å². The first kappa shape index (κ1) is 13.7. The van der Waals surface area contributed by atoms with Crippen molar-refractivity contribution >= 4 is 0 Å². The van der Waals surface area contributed by atoms with Gasteiger partial charge in [0.25, 0.3) is 0 Å². The van der Waals surface area contributed by atoms with Crippen LogP contribution in [-0.2, 0) is 6.42 Å². The van der Waals surface area contributed by atoms with Crippen LogP contribution in [0.15, 0.2) is 36.7 Å². The lowest BCUT2D eigenvalue weighted by atomic mass is 10.1. The first-order valence-corrected chi connectivity index (χ1v) is 7.17. The van der Waals surface area contributed by atoms with Gasteiger partial charge in [-0.2, -0.15) is 0 Å². The van der Waals surface area contributed by atoms with Crippen LogP contribution >= 0.6 is 0 Å². The van der Waals surface area contributed by atoms with E-state index in [1.165, 1.54) is 37.7 Å². The van der Waals surface area contributed by atoms with Gasteiger partial charge in [-0.15, -0.1) is 0 Å². The summed E-state index contributed by atoms with van der Waals surface area (Å²) in [5.41, 5.74) is 2.29. The van der Waals surface area contributed by atoms with Crippen molar-refractivity contribution in [3.05, 3.63) is 48.3 Å². The number of aryl methyl sites for hydroxylation is 1. The molecule has 0 unspecified atom stereocenters. The van der Waals surface area contributed by atoms with E-state index in [1.807, 2.05) is 36.7 Å². The van der Waals surface area contributed by atoms with Crippen LogP contribution in [0.3, 0.4) is 0 Å². The molecule has 0 N–H and O–H groups in total. The van der Waals surface area contributed by atoms with Gasteiger partial charge in [0.15, 0.2) is 5.82 Å². The molecule has 0 fully saturated rings. The van der Waals surface area contributed by atoms with E-state index >= 15 is 0 Å². The second kappa shape index (κ2) is 7.67. The number of aromatic nitrogens is 2. The van der Waals surface area contributed by atoms with Gasteiger partial charge < -0.3 is 0 Å². The fourth-order valence-electron chi connectivity index (χ4n) is 2.10. The Labute approximate surface area is 115 Å². The smallest absolute Gasteiger partial charge is 0.159 e. The molecule has 2 rings (SSSR count). The molecule has 2 heteroatoms. The molecule has 0 saturated carbocycles. The molecule has 0 saturated heterocycles. The van der Waals surface area contributed by atoms with E-state index in [-0.39, 0.29) is 0 Å². The molecule has 0 aliphatic heterocycles. The summed E-state index contributed by atoms with van der Waals surface area (Å²) in [6.45, 7) is 2.24. The molecule has 2 nitrogen and oxygen atoms in total. The summed E-state index contributed by atoms with van der Waals surface area (Å²) in [6.07, 6.45) is 11.5. The molecule has 2 aromatic rings. The van der Waals surface area contributed by atoms with Crippen LogP contribution in [-0.4, -0.2) is 9.97 Å². The maximum Gasteiger partial charge on any atom is 0.159 e. The molecule has 1 aromatic carbocycles. The van der Waals surface area contributed by atoms with Crippen molar-refractivity contribution in [3.63, 3.8) is 0 Å². The van der Waals surface area contributed by atoms with E-state index in [4.69, 9.17) is 0 Å². The summed E-state index contributed by atoms with van der Waals surface area (Å²) in [5.74, 6) is 0.795. The second-order valence-corrected chi connectivity index (χ2v) is 4.87. The van der Waals surface area contributed by atoms with Crippen LogP contribution in [0.5, 0.6) is 0 Å². The van der Waals surface area contributed by atoms with Gasteiger partial charge in [0.2, 0.25) is 0 Å². The molecular formula is C17H21N2. The SMILES string of the molecule is CCCCCCCc1cnc(-c2cc[c]cc2)nc1. The molecule has 0 amide bonds. The monoisotopic (exact) mass is 253 g/mol. The normalized spacial score (nSPS) is 10.6. The van der Waals surface area contributed by atoms with Crippen LogP contribution in [0.4, 0.5) is 0 Å². The lowest BCUT2D eigenvalue weighted by Crippen LogP contribution is -1.93. The molecule has 0 spiro atoms. The van der Waals surface area contributed by atoms with Gasteiger partial charge >= 0.3 is 0 Å². The van der Waals surface area contributed by atoms with E-state index in [1.54, 1.807) is 0 Å². The van der Waals surface area contributed by atoms with Gasteiger partial charge in [0.05, 0.1) is 0 Å². The Hall–Kier alpha value is -1.70. The molecule has 0 bridgehead atoms. The summed E-state index contributed by atoms with van der Waals surface area (Å²) in [4.78, 5) is 8.88. The lowest BCUT2D eigenvalue weighted by molar-refractivity contribution is 0.631. The minimum atomic E-state index is 0.795. The third-order valence-corrected chi connectivity index (χ3v) is 3.25. The number of hydrogen-bond acceptors (Lipinski definition) is 2. The molecule has 19 heavy (non-hydrogen) atoms. The van der Waals surface area contributed by atoms with Gasteiger partial charge in [-0.1, -0.05) is 56.9 Å².